The van der Waals surface area contributed by atoms with Crippen LogP contribution in [0, 0.1) is 27.7 Å². The SMILES string of the molecule is Cc1cccc(-c2cccc(-c3cc(C)cc(-c4cccc(-c5cc(C)cc(C)c5)c4)c3)c2)c1. The van der Waals surface area contributed by atoms with E-state index in [1.54, 1.807) is 0 Å². The van der Waals surface area contributed by atoms with Crippen molar-refractivity contribution in [2.75, 3.05) is 0 Å². The van der Waals surface area contributed by atoms with E-state index in [0.717, 1.165) is 0 Å². The molecular formula is C34H30. The zero-order chi connectivity index (χ0) is 23.7. The predicted octanol–water partition coefficient (Wildman–Crippen LogP) is 9.59. The molecule has 0 fully saturated rings. The van der Waals surface area contributed by atoms with Gasteiger partial charge in [0.2, 0.25) is 0 Å². The summed E-state index contributed by atoms with van der Waals surface area (Å²) in [5.74, 6) is 0. The summed E-state index contributed by atoms with van der Waals surface area (Å²) in [7, 11) is 0. The largest absolute Gasteiger partial charge is 0.0614 e. The molecule has 0 unspecified atom stereocenters. The first-order valence-electron chi connectivity index (χ1n) is 11.9. The van der Waals surface area contributed by atoms with Crippen molar-refractivity contribution >= 4 is 0 Å². The molecule has 0 bridgehead atoms. The number of hydrogen-bond acceptors (Lipinski definition) is 0. The summed E-state index contributed by atoms with van der Waals surface area (Å²) < 4.78 is 0. The molecule has 0 heteroatoms. The molecule has 5 aromatic carbocycles. The van der Waals surface area contributed by atoms with E-state index in [-0.39, 0.29) is 0 Å². The molecule has 0 aliphatic heterocycles. The van der Waals surface area contributed by atoms with Crippen LogP contribution in [-0.2, 0) is 0 Å². The Kier molecular flexibility index (Phi) is 5.90. The van der Waals surface area contributed by atoms with Crippen LogP contribution >= 0.6 is 0 Å². The number of rotatable bonds is 4. The van der Waals surface area contributed by atoms with E-state index in [1.807, 2.05) is 0 Å². The zero-order valence-corrected chi connectivity index (χ0v) is 20.4. The predicted molar refractivity (Wildman–Crippen MR) is 147 cm³/mol. The van der Waals surface area contributed by atoms with E-state index in [1.165, 1.54) is 66.8 Å². The minimum absolute atomic E-state index is 1.24. The molecule has 0 nitrogen and oxygen atoms in total. The third-order valence-electron chi connectivity index (χ3n) is 6.38. The minimum atomic E-state index is 1.24. The van der Waals surface area contributed by atoms with Crippen LogP contribution in [0.3, 0.4) is 0 Å². The van der Waals surface area contributed by atoms with Crippen molar-refractivity contribution in [3.8, 4) is 44.5 Å². The van der Waals surface area contributed by atoms with Crippen LogP contribution in [0.1, 0.15) is 22.3 Å². The average molecular weight is 439 g/mol. The third kappa shape index (κ3) is 4.72. The second-order valence-corrected chi connectivity index (χ2v) is 9.50. The monoisotopic (exact) mass is 438 g/mol. The molecule has 34 heavy (non-hydrogen) atoms. The fourth-order valence-electron chi connectivity index (χ4n) is 4.84. The topological polar surface area (TPSA) is 0 Å². The lowest BCUT2D eigenvalue weighted by Gasteiger charge is -2.12. The highest BCUT2D eigenvalue weighted by molar-refractivity contribution is 5.80. The van der Waals surface area contributed by atoms with Crippen molar-refractivity contribution in [3.05, 3.63) is 131 Å². The van der Waals surface area contributed by atoms with Crippen molar-refractivity contribution in [2.24, 2.45) is 0 Å². The van der Waals surface area contributed by atoms with Crippen LogP contribution in [0.25, 0.3) is 44.5 Å². The first-order chi connectivity index (χ1) is 16.4. The lowest BCUT2D eigenvalue weighted by atomic mass is 9.92. The van der Waals surface area contributed by atoms with E-state index < -0.39 is 0 Å². The highest BCUT2D eigenvalue weighted by Crippen LogP contribution is 2.33. The van der Waals surface area contributed by atoms with Gasteiger partial charge >= 0.3 is 0 Å². The van der Waals surface area contributed by atoms with Crippen LogP contribution < -0.4 is 0 Å². The van der Waals surface area contributed by atoms with Gasteiger partial charge in [0.15, 0.2) is 0 Å². The molecule has 0 radical (unpaired) electrons. The normalized spacial score (nSPS) is 10.9. The van der Waals surface area contributed by atoms with Gasteiger partial charge in [-0.3, -0.25) is 0 Å². The molecule has 5 aromatic rings. The van der Waals surface area contributed by atoms with Crippen LogP contribution in [0.15, 0.2) is 109 Å². The molecule has 0 atom stereocenters. The lowest BCUT2D eigenvalue weighted by molar-refractivity contribution is 1.38. The maximum absolute atomic E-state index is 2.32. The first-order valence-corrected chi connectivity index (χ1v) is 11.9. The van der Waals surface area contributed by atoms with Crippen molar-refractivity contribution in [3.63, 3.8) is 0 Å². The summed E-state index contributed by atoms with van der Waals surface area (Å²) in [6.45, 7) is 8.66. The maximum atomic E-state index is 2.32. The van der Waals surface area contributed by atoms with Crippen LogP contribution in [0.4, 0.5) is 0 Å². The molecule has 0 amide bonds. The van der Waals surface area contributed by atoms with Crippen molar-refractivity contribution < 1.29 is 0 Å². The van der Waals surface area contributed by atoms with Gasteiger partial charge in [-0.2, -0.15) is 0 Å². The summed E-state index contributed by atoms with van der Waals surface area (Å²) in [5, 5.41) is 0. The molecule has 0 N–H and O–H groups in total. The van der Waals surface area contributed by atoms with Crippen LogP contribution in [0.2, 0.25) is 0 Å². The summed E-state index contributed by atoms with van der Waals surface area (Å²) >= 11 is 0. The van der Waals surface area contributed by atoms with Gasteiger partial charge in [-0.25, -0.2) is 0 Å². The number of benzene rings is 5. The van der Waals surface area contributed by atoms with Crippen LogP contribution in [-0.4, -0.2) is 0 Å². The molecule has 0 aromatic heterocycles. The summed E-state index contributed by atoms with van der Waals surface area (Å²) in [5.41, 5.74) is 15.2. The average Bonchev–Trinajstić information content (AvgIpc) is 2.83. The standard InChI is InChI=1S/C34H30/c1-23-8-5-9-27(15-23)28-10-6-12-30(20-28)33-18-26(4)19-34(22-33)31-13-7-11-29(21-31)32-16-24(2)14-25(3)17-32/h5-22H,1-4H3. The van der Waals surface area contributed by atoms with Gasteiger partial charge in [-0.05, 0) is 96.0 Å². The maximum Gasteiger partial charge on any atom is -0.0175 e. The summed E-state index contributed by atoms with van der Waals surface area (Å²) in [6.07, 6.45) is 0. The third-order valence-corrected chi connectivity index (χ3v) is 6.38. The summed E-state index contributed by atoms with van der Waals surface area (Å²) in [6, 6.07) is 40.2. The quantitative estimate of drug-likeness (QED) is 0.262. The Balaban J connectivity index is 1.55. The van der Waals surface area contributed by atoms with Crippen molar-refractivity contribution in [1.29, 1.82) is 0 Å². The molecule has 166 valence electrons. The highest BCUT2D eigenvalue weighted by Gasteiger charge is 2.08. The van der Waals surface area contributed by atoms with Crippen LogP contribution in [0.5, 0.6) is 0 Å². The van der Waals surface area contributed by atoms with E-state index in [0.29, 0.717) is 0 Å². The molecule has 0 aliphatic rings. The van der Waals surface area contributed by atoms with Gasteiger partial charge in [-0.1, -0.05) is 108 Å². The van der Waals surface area contributed by atoms with E-state index >= 15 is 0 Å². The minimum Gasteiger partial charge on any atom is -0.0614 e. The second-order valence-electron chi connectivity index (χ2n) is 9.50. The van der Waals surface area contributed by atoms with Crippen molar-refractivity contribution in [2.45, 2.75) is 27.7 Å². The van der Waals surface area contributed by atoms with Crippen molar-refractivity contribution in [1.82, 2.24) is 0 Å². The first kappa shape index (κ1) is 21.9. The molecule has 0 saturated heterocycles. The molecular weight excluding hydrogens is 408 g/mol. The smallest absolute Gasteiger partial charge is 0.0175 e. The Morgan fingerprint density at radius 1 is 0.265 bits per heavy atom. The molecule has 0 saturated carbocycles. The van der Waals surface area contributed by atoms with Gasteiger partial charge in [0, 0.05) is 0 Å². The Hall–Kier alpha value is -3.90. The zero-order valence-electron chi connectivity index (χ0n) is 20.4. The number of hydrogen-bond donors (Lipinski definition) is 0. The fourth-order valence-corrected chi connectivity index (χ4v) is 4.84. The van der Waals surface area contributed by atoms with Gasteiger partial charge < -0.3 is 0 Å². The Morgan fingerprint density at radius 3 is 1.03 bits per heavy atom. The van der Waals surface area contributed by atoms with E-state index in [9.17, 15) is 0 Å². The molecule has 0 aliphatic carbocycles. The Morgan fingerprint density at radius 2 is 0.559 bits per heavy atom. The van der Waals surface area contributed by atoms with Gasteiger partial charge in [0.1, 0.15) is 0 Å². The van der Waals surface area contributed by atoms with E-state index in [2.05, 4.69) is 137 Å². The van der Waals surface area contributed by atoms with E-state index in [4.69, 9.17) is 0 Å². The lowest BCUT2D eigenvalue weighted by Crippen LogP contribution is -1.87. The molecule has 5 rings (SSSR count). The fraction of sp³-hybridized carbons (Fsp3) is 0.118. The highest BCUT2D eigenvalue weighted by atomic mass is 14.1. The molecule has 0 spiro atoms. The number of aryl methyl sites for hydroxylation is 4. The van der Waals surface area contributed by atoms with Gasteiger partial charge in [-0.15, -0.1) is 0 Å². The van der Waals surface area contributed by atoms with Gasteiger partial charge in [0.05, 0.1) is 0 Å². The van der Waals surface area contributed by atoms with Gasteiger partial charge in [0.25, 0.3) is 0 Å². The second kappa shape index (κ2) is 9.15. The Bertz CT molecular complexity index is 1470. The molecule has 0 heterocycles. The Labute approximate surface area is 203 Å². The summed E-state index contributed by atoms with van der Waals surface area (Å²) in [4.78, 5) is 0.